The molecule has 0 aliphatic carbocycles. The van der Waals surface area contributed by atoms with Gasteiger partial charge in [-0.25, -0.2) is 14.5 Å². The lowest BCUT2D eigenvalue weighted by molar-refractivity contribution is 0.0635. The molecule has 2 N–H and O–H groups in total. The van der Waals surface area contributed by atoms with E-state index in [-0.39, 0.29) is 18.1 Å². The van der Waals surface area contributed by atoms with Crippen LogP contribution in [0, 0.1) is 13.8 Å². The number of carbonyl (C=O) groups is 2. The Balaban J connectivity index is 1.38. The van der Waals surface area contributed by atoms with Crippen molar-refractivity contribution in [1.82, 2.24) is 30.3 Å². The van der Waals surface area contributed by atoms with Gasteiger partial charge >= 0.3 is 6.09 Å². The van der Waals surface area contributed by atoms with Crippen molar-refractivity contribution >= 4 is 40.3 Å². The molecule has 0 unspecified atom stereocenters. The molecule has 3 heterocycles. The lowest BCUT2D eigenvalue weighted by Crippen LogP contribution is -2.28. The fourth-order valence-electron chi connectivity index (χ4n) is 3.72. The average Bonchev–Trinajstić information content (AvgIpc) is 3.25. The standard InChI is InChI=1S/C26H28ClN7O3/c1-15-10-23(31-25(36)37-26(3,4)5)29-16(2)20(15)12-28-24(35)22-14-34(33-32-22)13-19-9-7-17-6-8-18(27)11-21(17)30-19/h6-11,14H,12-13H2,1-5H3,(H,28,35)(H,29,31,36). The van der Waals surface area contributed by atoms with Gasteiger partial charge in [0.15, 0.2) is 5.69 Å². The summed E-state index contributed by atoms with van der Waals surface area (Å²) in [6.07, 6.45) is 0.996. The Bertz CT molecular complexity index is 1450. The molecule has 192 valence electrons. The molecule has 0 saturated heterocycles. The van der Waals surface area contributed by atoms with Crippen LogP contribution in [-0.4, -0.2) is 42.6 Å². The molecular formula is C26H28ClN7O3. The van der Waals surface area contributed by atoms with E-state index in [1.165, 1.54) is 0 Å². The van der Waals surface area contributed by atoms with Crippen molar-refractivity contribution in [2.75, 3.05) is 5.32 Å². The summed E-state index contributed by atoms with van der Waals surface area (Å²) in [5.41, 5.74) is 3.52. The van der Waals surface area contributed by atoms with Gasteiger partial charge in [-0.15, -0.1) is 5.10 Å². The second kappa shape index (κ2) is 10.5. The largest absolute Gasteiger partial charge is 0.444 e. The third kappa shape index (κ3) is 6.79. The molecule has 0 fully saturated rings. The third-order valence-corrected chi connectivity index (χ3v) is 5.65. The van der Waals surface area contributed by atoms with Crippen LogP contribution >= 0.6 is 11.6 Å². The van der Waals surface area contributed by atoms with Gasteiger partial charge in [-0.05, 0) is 70.0 Å². The number of rotatable bonds is 6. The first-order valence-electron chi connectivity index (χ1n) is 11.7. The number of pyridine rings is 2. The number of halogens is 1. The van der Waals surface area contributed by atoms with Crippen molar-refractivity contribution in [3.63, 3.8) is 0 Å². The summed E-state index contributed by atoms with van der Waals surface area (Å²) in [7, 11) is 0. The van der Waals surface area contributed by atoms with Crippen molar-refractivity contribution in [1.29, 1.82) is 0 Å². The fraction of sp³-hybridized carbons (Fsp3) is 0.308. The number of fused-ring (bicyclic) bond motifs is 1. The Hall–Kier alpha value is -4.05. The number of hydrogen-bond donors (Lipinski definition) is 2. The number of aromatic nitrogens is 5. The molecule has 0 spiro atoms. The Labute approximate surface area is 219 Å². The second-order valence-corrected chi connectivity index (χ2v) is 10.1. The zero-order chi connectivity index (χ0) is 26.7. The molecule has 3 aromatic heterocycles. The van der Waals surface area contributed by atoms with Gasteiger partial charge in [0.05, 0.1) is 24.0 Å². The van der Waals surface area contributed by atoms with E-state index in [4.69, 9.17) is 16.3 Å². The van der Waals surface area contributed by atoms with E-state index >= 15 is 0 Å². The molecule has 10 nitrogen and oxygen atoms in total. The SMILES string of the molecule is Cc1cc(NC(=O)OC(C)(C)C)nc(C)c1CNC(=O)c1cn(Cc2ccc3ccc(Cl)cc3n2)nn1. The minimum atomic E-state index is -0.611. The van der Waals surface area contributed by atoms with E-state index < -0.39 is 11.7 Å². The first kappa shape index (κ1) is 26.0. The molecule has 0 aliphatic rings. The van der Waals surface area contributed by atoms with Gasteiger partial charge in [-0.3, -0.25) is 15.1 Å². The number of hydrogen-bond acceptors (Lipinski definition) is 7. The van der Waals surface area contributed by atoms with Crippen molar-refractivity contribution in [3.8, 4) is 0 Å². The van der Waals surface area contributed by atoms with E-state index in [0.717, 1.165) is 27.7 Å². The van der Waals surface area contributed by atoms with E-state index in [0.29, 0.717) is 23.1 Å². The van der Waals surface area contributed by atoms with Crippen LogP contribution in [0.15, 0.2) is 42.6 Å². The predicted molar refractivity (Wildman–Crippen MR) is 141 cm³/mol. The molecule has 0 aliphatic heterocycles. The monoisotopic (exact) mass is 521 g/mol. The van der Waals surface area contributed by atoms with Crippen LogP contribution in [0.25, 0.3) is 10.9 Å². The average molecular weight is 522 g/mol. The highest BCUT2D eigenvalue weighted by molar-refractivity contribution is 6.31. The molecule has 2 amide bonds. The molecular weight excluding hydrogens is 494 g/mol. The summed E-state index contributed by atoms with van der Waals surface area (Å²) in [5, 5.41) is 15.2. The van der Waals surface area contributed by atoms with Gasteiger partial charge in [0.1, 0.15) is 11.4 Å². The van der Waals surface area contributed by atoms with Crippen molar-refractivity contribution < 1.29 is 14.3 Å². The highest BCUT2D eigenvalue weighted by Crippen LogP contribution is 2.19. The zero-order valence-corrected chi connectivity index (χ0v) is 22.1. The highest BCUT2D eigenvalue weighted by Gasteiger charge is 2.18. The first-order chi connectivity index (χ1) is 17.5. The number of amides is 2. The van der Waals surface area contributed by atoms with Crippen LogP contribution in [0.2, 0.25) is 5.02 Å². The Morgan fingerprint density at radius 3 is 2.57 bits per heavy atom. The van der Waals surface area contributed by atoms with Gasteiger partial charge in [0.2, 0.25) is 0 Å². The smallest absolute Gasteiger partial charge is 0.413 e. The highest BCUT2D eigenvalue weighted by atomic mass is 35.5. The summed E-state index contributed by atoms with van der Waals surface area (Å²) in [6.45, 7) is 9.67. The topological polar surface area (TPSA) is 124 Å². The normalized spacial score (nSPS) is 11.4. The number of nitrogens with one attached hydrogen (secondary N) is 2. The van der Waals surface area contributed by atoms with Crippen LogP contribution < -0.4 is 10.6 Å². The van der Waals surface area contributed by atoms with Crippen molar-refractivity contribution in [3.05, 3.63) is 75.8 Å². The van der Waals surface area contributed by atoms with Gasteiger partial charge in [-0.2, -0.15) is 0 Å². The maximum Gasteiger partial charge on any atom is 0.413 e. The molecule has 0 bridgehead atoms. The molecule has 11 heteroatoms. The lowest BCUT2D eigenvalue weighted by atomic mass is 10.1. The Morgan fingerprint density at radius 2 is 1.84 bits per heavy atom. The van der Waals surface area contributed by atoms with E-state index in [1.807, 2.05) is 38.1 Å². The third-order valence-electron chi connectivity index (χ3n) is 5.42. The van der Waals surface area contributed by atoms with Crippen LogP contribution in [-0.2, 0) is 17.8 Å². The van der Waals surface area contributed by atoms with Gasteiger partial charge < -0.3 is 10.1 Å². The maximum absolute atomic E-state index is 12.7. The first-order valence-corrected chi connectivity index (χ1v) is 12.1. The molecule has 0 atom stereocenters. The molecule has 0 radical (unpaired) electrons. The summed E-state index contributed by atoms with van der Waals surface area (Å²) < 4.78 is 6.83. The minimum absolute atomic E-state index is 0.190. The number of aryl methyl sites for hydroxylation is 2. The van der Waals surface area contributed by atoms with Crippen LogP contribution in [0.1, 0.15) is 53.8 Å². The minimum Gasteiger partial charge on any atom is -0.444 e. The van der Waals surface area contributed by atoms with Crippen molar-refractivity contribution in [2.45, 2.75) is 53.3 Å². The predicted octanol–water partition coefficient (Wildman–Crippen LogP) is 4.82. The van der Waals surface area contributed by atoms with Gasteiger partial charge in [-0.1, -0.05) is 28.9 Å². The molecule has 4 rings (SSSR count). The Morgan fingerprint density at radius 1 is 1.08 bits per heavy atom. The zero-order valence-electron chi connectivity index (χ0n) is 21.3. The molecule has 0 saturated carbocycles. The number of benzene rings is 1. The van der Waals surface area contributed by atoms with Gasteiger partial charge in [0, 0.05) is 22.6 Å². The maximum atomic E-state index is 12.7. The van der Waals surface area contributed by atoms with Crippen LogP contribution in [0.5, 0.6) is 0 Å². The Kier molecular flexibility index (Phi) is 7.40. The number of carbonyl (C=O) groups excluding carboxylic acids is 2. The van der Waals surface area contributed by atoms with E-state index in [1.54, 1.807) is 43.8 Å². The molecule has 1 aromatic carbocycles. The van der Waals surface area contributed by atoms with Gasteiger partial charge in [0.25, 0.3) is 5.91 Å². The van der Waals surface area contributed by atoms with Crippen LogP contribution in [0.4, 0.5) is 10.6 Å². The van der Waals surface area contributed by atoms with Crippen molar-refractivity contribution in [2.24, 2.45) is 0 Å². The van der Waals surface area contributed by atoms with Crippen LogP contribution in [0.3, 0.4) is 0 Å². The quantitative estimate of drug-likeness (QED) is 0.373. The number of nitrogens with zero attached hydrogens (tertiary/aromatic N) is 5. The summed E-state index contributed by atoms with van der Waals surface area (Å²) in [5.74, 6) is 0.0195. The van der Waals surface area contributed by atoms with E-state index in [9.17, 15) is 9.59 Å². The fourth-order valence-corrected chi connectivity index (χ4v) is 3.89. The summed E-state index contributed by atoms with van der Waals surface area (Å²) in [6, 6.07) is 11.1. The number of anilines is 1. The molecule has 37 heavy (non-hydrogen) atoms. The second-order valence-electron chi connectivity index (χ2n) is 9.64. The number of ether oxygens (including phenoxy) is 1. The lowest BCUT2D eigenvalue weighted by Gasteiger charge is -2.20. The van der Waals surface area contributed by atoms with E-state index in [2.05, 4.69) is 30.9 Å². The molecule has 4 aromatic rings. The summed E-state index contributed by atoms with van der Waals surface area (Å²) >= 11 is 6.07. The summed E-state index contributed by atoms with van der Waals surface area (Å²) in [4.78, 5) is 33.8.